The van der Waals surface area contributed by atoms with Crippen molar-refractivity contribution in [2.75, 3.05) is 7.11 Å². The Morgan fingerprint density at radius 2 is 1.63 bits per heavy atom. The summed E-state index contributed by atoms with van der Waals surface area (Å²) in [5, 5.41) is 3.28. The minimum atomic E-state index is -0.910. The van der Waals surface area contributed by atoms with Crippen LogP contribution in [-0.2, 0) is 23.9 Å². The Kier molecular flexibility index (Phi) is 6.92. The van der Waals surface area contributed by atoms with Crippen LogP contribution in [0.15, 0.2) is 77.1 Å². The number of esters is 2. The first-order valence-corrected chi connectivity index (χ1v) is 11.9. The summed E-state index contributed by atoms with van der Waals surface area (Å²) < 4.78 is 10.5. The van der Waals surface area contributed by atoms with Crippen LogP contribution in [0.3, 0.4) is 0 Å². The molecule has 4 rings (SSSR count). The van der Waals surface area contributed by atoms with Crippen LogP contribution < -0.4 is 5.32 Å². The summed E-state index contributed by atoms with van der Waals surface area (Å²) >= 11 is 0. The number of hydrogen-bond acceptors (Lipinski definition) is 6. The molecule has 1 N–H and O–H groups in total. The molecule has 6 heteroatoms. The van der Waals surface area contributed by atoms with Gasteiger partial charge in [0.25, 0.3) is 0 Å². The van der Waals surface area contributed by atoms with Gasteiger partial charge in [-0.3, -0.25) is 9.59 Å². The Labute approximate surface area is 206 Å². The maximum Gasteiger partial charge on any atom is 0.337 e. The van der Waals surface area contributed by atoms with E-state index in [9.17, 15) is 14.4 Å². The number of Topliss-reactive ketones (excluding diaryl/α,β-unsaturated/α-hetero) is 1. The monoisotopic (exact) mass is 473 g/mol. The van der Waals surface area contributed by atoms with Gasteiger partial charge in [0, 0.05) is 22.9 Å². The summed E-state index contributed by atoms with van der Waals surface area (Å²) in [7, 11) is 1.29. The summed E-state index contributed by atoms with van der Waals surface area (Å²) in [4.78, 5) is 39.6. The molecular formula is C29H31NO5. The molecule has 0 amide bonds. The molecule has 0 aromatic heterocycles. The van der Waals surface area contributed by atoms with Crippen molar-refractivity contribution in [3.63, 3.8) is 0 Å². The molecule has 2 aromatic rings. The van der Waals surface area contributed by atoms with E-state index in [4.69, 9.17) is 9.47 Å². The maximum absolute atomic E-state index is 13.8. The highest BCUT2D eigenvalue weighted by Crippen LogP contribution is 2.45. The van der Waals surface area contributed by atoms with Gasteiger partial charge in [0.2, 0.25) is 0 Å². The topological polar surface area (TPSA) is 81.7 Å². The predicted octanol–water partition coefficient (Wildman–Crippen LogP) is 4.92. The fourth-order valence-electron chi connectivity index (χ4n) is 5.06. The van der Waals surface area contributed by atoms with Crippen molar-refractivity contribution in [3.05, 3.63) is 82.7 Å². The molecule has 1 aliphatic carbocycles. The van der Waals surface area contributed by atoms with Crippen LogP contribution >= 0.6 is 0 Å². The lowest BCUT2D eigenvalue weighted by Gasteiger charge is -2.38. The molecular weight excluding hydrogens is 442 g/mol. The predicted molar refractivity (Wildman–Crippen MR) is 133 cm³/mol. The van der Waals surface area contributed by atoms with E-state index in [-0.39, 0.29) is 17.8 Å². The quantitative estimate of drug-likeness (QED) is 0.490. The van der Waals surface area contributed by atoms with Crippen LogP contribution in [-0.4, -0.2) is 30.9 Å². The third-order valence-electron chi connectivity index (χ3n) is 6.66. The molecule has 2 aliphatic rings. The number of ketones is 1. The van der Waals surface area contributed by atoms with E-state index in [1.165, 1.54) is 7.11 Å². The number of carbonyl (C=O) groups excluding carboxylic acids is 3. The first-order chi connectivity index (χ1) is 16.7. The third kappa shape index (κ3) is 4.65. The number of allylic oxidation sites excluding steroid dienone is 3. The molecule has 1 aliphatic heterocycles. The fourth-order valence-corrected chi connectivity index (χ4v) is 5.06. The van der Waals surface area contributed by atoms with Gasteiger partial charge in [-0.05, 0) is 49.8 Å². The molecule has 0 radical (unpaired) electrons. The number of hydrogen-bond donors (Lipinski definition) is 1. The molecule has 0 fully saturated rings. The lowest BCUT2D eigenvalue weighted by atomic mass is 9.69. The third-order valence-corrected chi connectivity index (χ3v) is 6.66. The molecule has 0 saturated carbocycles. The van der Waals surface area contributed by atoms with Gasteiger partial charge in [-0.1, -0.05) is 61.5 Å². The Morgan fingerprint density at radius 1 is 1.00 bits per heavy atom. The van der Waals surface area contributed by atoms with Crippen molar-refractivity contribution in [1.29, 1.82) is 0 Å². The van der Waals surface area contributed by atoms with Crippen molar-refractivity contribution in [1.82, 2.24) is 5.32 Å². The fraction of sp³-hybridized carbons (Fsp3) is 0.345. The Bertz CT molecular complexity index is 1210. The average molecular weight is 474 g/mol. The number of dihydropyridines is 1. The van der Waals surface area contributed by atoms with Crippen LogP contribution in [0.5, 0.6) is 0 Å². The minimum Gasteiger partial charge on any atom is -0.468 e. The Balaban J connectivity index is 1.84. The Morgan fingerprint density at radius 3 is 2.23 bits per heavy atom. The second-order valence-electron chi connectivity index (χ2n) is 9.48. The lowest BCUT2D eigenvalue weighted by molar-refractivity contribution is -0.151. The van der Waals surface area contributed by atoms with Crippen molar-refractivity contribution < 1.29 is 23.9 Å². The van der Waals surface area contributed by atoms with Gasteiger partial charge >= 0.3 is 11.9 Å². The summed E-state index contributed by atoms with van der Waals surface area (Å²) in [5.41, 5.74) is 5.12. The van der Waals surface area contributed by atoms with Crippen molar-refractivity contribution in [2.24, 2.45) is 11.8 Å². The minimum absolute atomic E-state index is 0.223. The van der Waals surface area contributed by atoms with Crippen LogP contribution in [0.1, 0.15) is 45.6 Å². The first kappa shape index (κ1) is 24.5. The number of rotatable bonds is 5. The van der Waals surface area contributed by atoms with Crippen molar-refractivity contribution in [3.8, 4) is 11.1 Å². The summed E-state index contributed by atoms with van der Waals surface area (Å²) in [6.45, 7) is 7.28. The second kappa shape index (κ2) is 9.90. The van der Waals surface area contributed by atoms with Gasteiger partial charge in [-0.2, -0.15) is 0 Å². The highest BCUT2D eigenvalue weighted by molar-refractivity contribution is 6.12. The molecule has 1 heterocycles. The molecule has 0 bridgehead atoms. The molecule has 182 valence electrons. The first-order valence-electron chi connectivity index (χ1n) is 11.9. The molecule has 6 nitrogen and oxygen atoms in total. The average Bonchev–Trinajstić information content (AvgIpc) is 2.83. The summed E-state index contributed by atoms with van der Waals surface area (Å²) in [5.74, 6) is -3.11. The molecule has 0 saturated heterocycles. The van der Waals surface area contributed by atoms with Crippen molar-refractivity contribution in [2.45, 2.75) is 46.1 Å². The van der Waals surface area contributed by atoms with Crippen LogP contribution in [0.2, 0.25) is 0 Å². The molecule has 2 aromatic carbocycles. The Hall–Kier alpha value is -3.67. The highest BCUT2D eigenvalue weighted by Gasteiger charge is 2.47. The highest BCUT2D eigenvalue weighted by atomic mass is 16.5. The van der Waals surface area contributed by atoms with Gasteiger partial charge in [0.15, 0.2) is 5.78 Å². The van der Waals surface area contributed by atoms with Gasteiger partial charge < -0.3 is 14.8 Å². The summed E-state index contributed by atoms with van der Waals surface area (Å²) in [6, 6.07) is 17.8. The zero-order chi connectivity index (χ0) is 25.3. The number of nitrogens with one attached hydrogen (secondary N) is 1. The number of benzene rings is 2. The lowest BCUT2D eigenvalue weighted by Crippen LogP contribution is -2.43. The number of carbonyl (C=O) groups is 3. The zero-order valence-corrected chi connectivity index (χ0v) is 20.8. The van der Waals surface area contributed by atoms with E-state index in [2.05, 4.69) is 5.32 Å². The van der Waals surface area contributed by atoms with E-state index in [1.807, 2.05) is 68.4 Å². The van der Waals surface area contributed by atoms with Gasteiger partial charge in [-0.15, -0.1) is 0 Å². The van der Waals surface area contributed by atoms with E-state index >= 15 is 0 Å². The molecule has 35 heavy (non-hydrogen) atoms. The van der Waals surface area contributed by atoms with Gasteiger partial charge in [0.1, 0.15) is 5.92 Å². The smallest absolute Gasteiger partial charge is 0.337 e. The normalized spacial score (nSPS) is 22.0. The number of methoxy groups -OCH3 is 1. The number of ether oxygens (including phenoxy) is 2. The molecule has 0 spiro atoms. The maximum atomic E-state index is 13.8. The van der Waals surface area contributed by atoms with Crippen LogP contribution in [0.4, 0.5) is 0 Å². The largest absolute Gasteiger partial charge is 0.468 e. The zero-order valence-electron chi connectivity index (χ0n) is 20.8. The SMILES string of the molecule is COC(=O)[C@H]1C(=O)C2=C(C[C@H]1C)NC(C)=C(C(=O)OC(C)C)[C@H]2c1ccc(-c2ccccc2)cc1. The molecule has 3 atom stereocenters. The summed E-state index contributed by atoms with van der Waals surface area (Å²) in [6.07, 6.45) is 0.188. The van der Waals surface area contributed by atoms with Gasteiger partial charge in [-0.25, -0.2) is 4.79 Å². The van der Waals surface area contributed by atoms with E-state index in [0.29, 0.717) is 23.3 Å². The van der Waals surface area contributed by atoms with Crippen LogP contribution in [0, 0.1) is 11.8 Å². The second-order valence-corrected chi connectivity index (χ2v) is 9.48. The molecule has 0 unspecified atom stereocenters. The van der Waals surface area contributed by atoms with Gasteiger partial charge in [0.05, 0.1) is 18.8 Å². The van der Waals surface area contributed by atoms with Crippen molar-refractivity contribution >= 4 is 17.7 Å². The standard InChI is InChI=1S/C29H31NO5/c1-16(2)35-29(33)24-18(4)30-22-15-17(3)23(28(32)34-5)27(31)26(22)25(24)21-13-11-20(12-14-21)19-9-7-6-8-10-19/h6-14,16-17,23,25,30H,15H2,1-5H3/t17-,23-,25-/m1/s1. The van der Waals surface area contributed by atoms with E-state index in [0.717, 1.165) is 22.4 Å². The van der Waals surface area contributed by atoms with E-state index < -0.39 is 23.8 Å². The van der Waals surface area contributed by atoms with Crippen LogP contribution in [0.25, 0.3) is 11.1 Å². The van der Waals surface area contributed by atoms with E-state index in [1.54, 1.807) is 13.8 Å².